The van der Waals surface area contributed by atoms with Crippen molar-refractivity contribution in [3.05, 3.63) is 29.6 Å². The molecule has 1 aliphatic heterocycles. The topological polar surface area (TPSA) is 40.5 Å². The maximum atomic E-state index is 13.2. The first-order valence-corrected chi connectivity index (χ1v) is 7.61. The molecule has 1 saturated heterocycles. The summed E-state index contributed by atoms with van der Waals surface area (Å²) in [5.74, 6) is -0.960. The fourth-order valence-electron chi connectivity index (χ4n) is 2.44. The standard InChI is InChI=1S/C14H17BrFNO2/c15-9-11-4-2-1-3-7-17(11)14(19)12-8-10(16)5-6-13(12)18/h5-6,8,11,18H,1-4,7,9H2. The SMILES string of the molecule is O=C(c1cc(F)ccc1O)N1CCCCCC1CBr. The quantitative estimate of drug-likeness (QED) is 0.845. The summed E-state index contributed by atoms with van der Waals surface area (Å²) >= 11 is 3.43. The van der Waals surface area contributed by atoms with Crippen LogP contribution in [0.5, 0.6) is 5.75 Å². The van der Waals surface area contributed by atoms with Gasteiger partial charge in [-0.25, -0.2) is 4.39 Å². The van der Waals surface area contributed by atoms with E-state index < -0.39 is 5.82 Å². The third-order valence-electron chi connectivity index (χ3n) is 3.51. The Morgan fingerprint density at radius 3 is 2.95 bits per heavy atom. The monoisotopic (exact) mass is 329 g/mol. The number of rotatable bonds is 2. The summed E-state index contributed by atoms with van der Waals surface area (Å²) < 4.78 is 13.2. The van der Waals surface area contributed by atoms with Gasteiger partial charge < -0.3 is 10.0 Å². The smallest absolute Gasteiger partial charge is 0.257 e. The number of hydrogen-bond acceptors (Lipinski definition) is 2. The summed E-state index contributed by atoms with van der Waals surface area (Å²) in [6.45, 7) is 0.658. The second kappa shape index (κ2) is 6.37. The van der Waals surface area contributed by atoms with Gasteiger partial charge in [-0.2, -0.15) is 0 Å². The molecule has 1 heterocycles. The number of phenols is 1. The molecule has 1 unspecified atom stereocenters. The Kier molecular flexibility index (Phi) is 4.80. The van der Waals surface area contributed by atoms with Gasteiger partial charge in [0.25, 0.3) is 5.91 Å². The number of phenolic OH excluding ortho intramolecular Hbond substituents is 1. The molecule has 1 atom stereocenters. The van der Waals surface area contributed by atoms with Crippen LogP contribution in [0.2, 0.25) is 0 Å². The fraction of sp³-hybridized carbons (Fsp3) is 0.500. The molecule has 0 spiro atoms. The summed E-state index contributed by atoms with van der Waals surface area (Å²) in [4.78, 5) is 14.2. The number of halogens is 2. The van der Waals surface area contributed by atoms with Crippen LogP contribution < -0.4 is 0 Å². The maximum Gasteiger partial charge on any atom is 0.257 e. The van der Waals surface area contributed by atoms with Gasteiger partial charge in [0.1, 0.15) is 11.6 Å². The van der Waals surface area contributed by atoms with Gasteiger partial charge in [0.05, 0.1) is 5.56 Å². The number of carbonyl (C=O) groups is 1. The maximum absolute atomic E-state index is 13.2. The molecule has 1 fully saturated rings. The lowest BCUT2D eigenvalue weighted by molar-refractivity contribution is 0.0698. The van der Waals surface area contributed by atoms with Crippen molar-refractivity contribution in [2.45, 2.75) is 31.7 Å². The molecule has 19 heavy (non-hydrogen) atoms. The van der Waals surface area contributed by atoms with Gasteiger partial charge in [-0.15, -0.1) is 0 Å². The Bertz CT molecular complexity index is 467. The molecule has 3 nitrogen and oxygen atoms in total. The van der Waals surface area contributed by atoms with Crippen LogP contribution in [-0.2, 0) is 0 Å². The molecule has 0 aromatic heterocycles. The molecule has 5 heteroatoms. The Labute approximate surface area is 120 Å². The third kappa shape index (κ3) is 3.26. The number of likely N-dealkylation sites (tertiary alicyclic amines) is 1. The van der Waals surface area contributed by atoms with Gasteiger partial charge in [-0.3, -0.25) is 4.79 Å². The van der Waals surface area contributed by atoms with Crippen LogP contribution in [0.3, 0.4) is 0 Å². The molecule has 0 saturated carbocycles. The van der Waals surface area contributed by atoms with E-state index in [2.05, 4.69) is 15.9 Å². The fourth-order valence-corrected chi connectivity index (χ4v) is 3.11. The van der Waals surface area contributed by atoms with E-state index in [1.54, 1.807) is 4.90 Å². The van der Waals surface area contributed by atoms with Crippen LogP contribution in [0, 0.1) is 5.82 Å². The number of amides is 1. The van der Waals surface area contributed by atoms with Crippen molar-refractivity contribution in [2.24, 2.45) is 0 Å². The number of benzene rings is 1. The number of carbonyl (C=O) groups excluding carboxylic acids is 1. The Balaban J connectivity index is 2.27. The summed E-state index contributed by atoms with van der Waals surface area (Å²) in [5, 5.41) is 10.4. The summed E-state index contributed by atoms with van der Waals surface area (Å²) in [6, 6.07) is 3.59. The van der Waals surface area contributed by atoms with E-state index in [4.69, 9.17) is 0 Å². The normalized spacial score (nSPS) is 20.1. The van der Waals surface area contributed by atoms with E-state index in [1.807, 2.05) is 0 Å². The minimum atomic E-state index is -0.508. The minimum Gasteiger partial charge on any atom is -0.507 e. The zero-order chi connectivity index (χ0) is 13.8. The van der Waals surface area contributed by atoms with Crippen LogP contribution in [-0.4, -0.2) is 33.8 Å². The molecule has 1 amide bonds. The van der Waals surface area contributed by atoms with Gasteiger partial charge in [0.15, 0.2) is 0 Å². The van der Waals surface area contributed by atoms with Gasteiger partial charge in [0.2, 0.25) is 0 Å². The first kappa shape index (κ1) is 14.3. The Morgan fingerprint density at radius 1 is 1.42 bits per heavy atom. The van der Waals surface area contributed by atoms with E-state index in [-0.39, 0.29) is 23.3 Å². The first-order chi connectivity index (χ1) is 9.13. The average Bonchev–Trinajstić information content (AvgIpc) is 2.65. The van der Waals surface area contributed by atoms with Crippen LogP contribution in [0.15, 0.2) is 18.2 Å². The van der Waals surface area contributed by atoms with Crippen LogP contribution in [0.1, 0.15) is 36.0 Å². The van der Waals surface area contributed by atoms with Crippen molar-refractivity contribution < 1.29 is 14.3 Å². The van der Waals surface area contributed by atoms with Gasteiger partial charge >= 0.3 is 0 Å². The van der Waals surface area contributed by atoms with E-state index in [0.717, 1.165) is 37.8 Å². The van der Waals surface area contributed by atoms with E-state index in [9.17, 15) is 14.3 Å². The van der Waals surface area contributed by atoms with Crippen molar-refractivity contribution in [2.75, 3.05) is 11.9 Å². The summed E-state index contributed by atoms with van der Waals surface area (Å²) in [5.41, 5.74) is 0.0489. The highest BCUT2D eigenvalue weighted by Gasteiger charge is 2.27. The molecule has 0 aliphatic carbocycles. The van der Waals surface area contributed by atoms with Crippen molar-refractivity contribution in [3.8, 4) is 5.75 Å². The minimum absolute atomic E-state index is 0.0489. The van der Waals surface area contributed by atoms with Crippen LogP contribution in [0.25, 0.3) is 0 Å². The number of nitrogens with zero attached hydrogens (tertiary/aromatic N) is 1. The lowest BCUT2D eigenvalue weighted by Crippen LogP contribution is -2.41. The second-order valence-electron chi connectivity index (χ2n) is 4.82. The molecule has 1 aromatic rings. The molecular formula is C14H17BrFNO2. The average molecular weight is 330 g/mol. The van der Waals surface area contributed by atoms with Crippen molar-refractivity contribution >= 4 is 21.8 Å². The molecule has 2 rings (SSSR count). The van der Waals surface area contributed by atoms with Crippen LogP contribution >= 0.6 is 15.9 Å². The predicted octanol–water partition coefficient (Wildman–Crippen LogP) is 3.31. The number of alkyl halides is 1. The second-order valence-corrected chi connectivity index (χ2v) is 5.46. The van der Waals surface area contributed by atoms with Crippen molar-refractivity contribution in [1.82, 2.24) is 4.90 Å². The van der Waals surface area contributed by atoms with Crippen LogP contribution in [0.4, 0.5) is 4.39 Å². The zero-order valence-electron chi connectivity index (χ0n) is 10.6. The lowest BCUT2D eigenvalue weighted by atomic mass is 10.1. The number of hydrogen-bond donors (Lipinski definition) is 1. The zero-order valence-corrected chi connectivity index (χ0v) is 12.2. The summed E-state index contributed by atoms with van der Waals surface area (Å²) in [6.07, 6.45) is 4.08. The van der Waals surface area contributed by atoms with Gasteiger partial charge in [0, 0.05) is 17.9 Å². The molecular weight excluding hydrogens is 313 g/mol. The van der Waals surface area contributed by atoms with E-state index in [0.29, 0.717) is 11.9 Å². The third-order valence-corrected chi connectivity index (χ3v) is 4.25. The summed E-state index contributed by atoms with van der Waals surface area (Å²) in [7, 11) is 0. The Morgan fingerprint density at radius 2 is 2.21 bits per heavy atom. The number of aromatic hydroxyl groups is 1. The largest absolute Gasteiger partial charge is 0.507 e. The Hall–Kier alpha value is -1.10. The highest BCUT2D eigenvalue weighted by molar-refractivity contribution is 9.09. The molecule has 1 N–H and O–H groups in total. The first-order valence-electron chi connectivity index (χ1n) is 6.49. The predicted molar refractivity (Wildman–Crippen MR) is 75.2 cm³/mol. The highest BCUT2D eigenvalue weighted by atomic mass is 79.9. The molecule has 0 bridgehead atoms. The van der Waals surface area contributed by atoms with E-state index >= 15 is 0 Å². The van der Waals surface area contributed by atoms with Crippen molar-refractivity contribution in [1.29, 1.82) is 0 Å². The van der Waals surface area contributed by atoms with E-state index in [1.165, 1.54) is 6.07 Å². The van der Waals surface area contributed by atoms with Gasteiger partial charge in [-0.05, 0) is 31.0 Å². The lowest BCUT2D eigenvalue weighted by Gasteiger charge is -2.29. The van der Waals surface area contributed by atoms with Crippen molar-refractivity contribution in [3.63, 3.8) is 0 Å². The molecule has 104 valence electrons. The highest BCUT2D eigenvalue weighted by Crippen LogP contribution is 2.25. The molecule has 0 radical (unpaired) electrons. The molecule has 1 aromatic carbocycles. The molecule has 1 aliphatic rings. The van der Waals surface area contributed by atoms with Gasteiger partial charge in [-0.1, -0.05) is 28.8 Å².